The van der Waals surface area contributed by atoms with Crippen LogP contribution < -0.4 is 5.32 Å². The highest BCUT2D eigenvalue weighted by Gasteiger charge is 2.59. The zero-order chi connectivity index (χ0) is 12.3. The van der Waals surface area contributed by atoms with Crippen molar-refractivity contribution in [3.63, 3.8) is 0 Å². The second-order valence-electron chi connectivity index (χ2n) is 6.42. The summed E-state index contributed by atoms with van der Waals surface area (Å²) in [6.45, 7) is 5.50. The highest BCUT2D eigenvalue weighted by molar-refractivity contribution is 7.09. The van der Waals surface area contributed by atoms with Crippen LogP contribution in [0.3, 0.4) is 0 Å². The van der Waals surface area contributed by atoms with Crippen molar-refractivity contribution in [2.24, 2.45) is 11.3 Å². The molecule has 4 rings (SSSR count). The smallest absolute Gasteiger partial charge is 0.202 e. The fourth-order valence-corrected chi connectivity index (χ4v) is 4.24. The van der Waals surface area contributed by atoms with Gasteiger partial charge in [-0.05, 0) is 19.3 Å². The Morgan fingerprint density at radius 2 is 2.17 bits per heavy atom. The quantitative estimate of drug-likeness (QED) is 0.912. The van der Waals surface area contributed by atoms with Gasteiger partial charge in [0.2, 0.25) is 5.13 Å². The lowest BCUT2D eigenvalue weighted by molar-refractivity contribution is -0.0923. The number of anilines is 1. The third-order valence-electron chi connectivity index (χ3n) is 4.76. The molecular formula is C13H19N3OS. The molecule has 2 saturated carbocycles. The van der Waals surface area contributed by atoms with Gasteiger partial charge in [0.1, 0.15) is 5.82 Å². The summed E-state index contributed by atoms with van der Waals surface area (Å²) in [5.74, 6) is 2.36. The van der Waals surface area contributed by atoms with Crippen LogP contribution in [0.25, 0.3) is 0 Å². The third kappa shape index (κ3) is 1.53. The van der Waals surface area contributed by atoms with E-state index in [1.165, 1.54) is 30.8 Å². The van der Waals surface area contributed by atoms with Crippen LogP contribution in [0.5, 0.6) is 0 Å². The van der Waals surface area contributed by atoms with Gasteiger partial charge in [-0.2, -0.15) is 4.37 Å². The highest BCUT2D eigenvalue weighted by Crippen LogP contribution is 2.53. The molecule has 3 atom stereocenters. The van der Waals surface area contributed by atoms with Crippen LogP contribution >= 0.6 is 11.5 Å². The summed E-state index contributed by atoms with van der Waals surface area (Å²) < 4.78 is 10.3. The minimum absolute atomic E-state index is 0.215. The van der Waals surface area contributed by atoms with E-state index in [0.29, 0.717) is 24.0 Å². The molecule has 4 nitrogen and oxygen atoms in total. The average Bonchev–Trinajstić information content (AvgIpc) is 2.93. The summed E-state index contributed by atoms with van der Waals surface area (Å²) in [5, 5.41) is 4.61. The highest BCUT2D eigenvalue weighted by atomic mass is 32.1. The van der Waals surface area contributed by atoms with Crippen molar-refractivity contribution < 1.29 is 4.74 Å². The molecule has 1 aromatic heterocycles. The van der Waals surface area contributed by atoms with E-state index in [1.807, 2.05) is 0 Å². The topological polar surface area (TPSA) is 47.0 Å². The molecule has 2 aliphatic carbocycles. The van der Waals surface area contributed by atoms with E-state index in [9.17, 15) is 0 Å². The molecule has 1 aromatic rings. The molecule has 0 spiro atoms. The molecule has 1 N–H and O–H groups in total. The van der Waals surface area contributed by atoms with Gasteiger partial charge < -0.3 is 10.1 Å². The van der Waals surface area contributed by atoms with Crippen LogP contribution in [0.1, 0.15) is 44.9 Å². The zero-order valence-electron chi connectivity index (χ0n) is 10.8. The number of rotatable bonds is 3. The second-order valence-corrected chi connectivity index (χ2v) is 7.17. The average molecular weight is 265 g/mol. The maximum atomic E-state index is 5.82. The number of nitrogens with zero attached hydrogens (tertiary/aromatic N) is 2. The normalized spacial score (nSPS) is 37.1. The van der Waals surface area contributed by atoms with Crippen LogP contribution in [0.2, 0.25) is 0 Å². The number of aromatic nitrogens is 2. The van der Waals surface area contributed by atoms with Gasteiger partial charge in [0.25, 0.3) is 0 Å². The van der Waals surface area contributed by atoms with Gasteiger partial charge >= 0.3 is 0 Å². The monoisotopic (exact) mass is 265 g/mol. The first-order valence-electron chi connectivity index (χ1n) is 6.88. The minimum Gasteiger partial charge on any atom is -0.377 e. The molecule has 0 amide bonds. The summed E-state index contributed by atoms with van der Waals surface area (Å²) >= 11 is 1.52. The Bertz CT molecular complexity index is 469. The predicted molar refractivity (Wildman–Crippen MR) is 70.9 cm³/mol. The van der Waals surface area contributed by atoms with E-state index in [1.54, 1.807) is 0 Å². The van der Waals surface area contributed by atoms with E-state index in [0.717, 1.165) is 17.6 Å². The summed E-state index contributed by atoms with van der Waals surface area (Å²) in [5.41, 5.74) is 0.215. The number of fused-ring (bicyclic) bond motifs is 1. The lowest BCUT2D eigenvalue weighted by atomic mass is 9.57. The number of nitrogens with one attached hydrogen (secondary N) is 1. The van der Waals surface area contributed by atoms with Crippen molar-refractivity contribution >= 4 is 16.7 Å². The van der Waals surface area contributed by atoms with Crippen molar-refractivity contribution in [1.29, 1.82) is 0 Å². The lowest BCUT2D eigenvalue weighted by Gasteiger charge is -2.54. The van der Waals surface area contributed by atoms with Crippen LogP contribution in [0, 0.1) is 11.3 Å². The Labute approximate surface area is 111 Å². The number of hydrogen-bond acceptors (Lipinski definition) is 5. The standard InChI is InChI=1S/C13H19N3OS/c1-13(2)9(8-5-6-17-10(8)13)14-12-15-11(16-18-12)7-3-4-7/h7-10H,3-6H2,1-2H3,(H,14,15,16)/t8-,9-,10-/m1/s1. The Morgan fingerprint density at radius 1 is 1.33 bits per heavy atom. The minimum atomic E-state index is 0.215. The van der Waals surface area contributed by atoms with E-state index in [2.05, 4.69) is 28.5 Å². The van der Waals surface area contributed by atoms with Gasteiger partial charge in [0.15, 0.2) is 0 Å². The van der Waals surface area contributed by atoms with E-state index >= 15 is 0 Å². The summed E-state index contributed by atoms with van der Waals surface area (Å²) in [4.78, 5) is 4.63. The van der Waals surface area contributed by atoms with Gasteiger partial charge in [0, 0.05) is 41.4 Å². The van der Waals surface area contributed by atoms with E-state index < -0.39 is 0 Å². The van der Waals surface area contributed by atoms with Crippen LogP contribution in [0.15, 0.2) is 0 Å². The van der Waals surface area contributed by atoms with E-state index in [-0.39, 0.29) is 5.41 Å². The molecule has 5 heteroatoms. The molecule has 0 bridgehead atoms. The summed E-state index contributed by atoms with van der Waals surface area (Å²) in [6, 6.07) is 0.491. The van der Waals surface area contributed by atoms with Gasteiger partial charge in [-0.25, -0.2) is 4.98 Å². The molecule has 1 saturated heterocycles. The Hall–Kier alpha value is -0.680. The first kappa shape index (κ1) is 11.2. The Morgan fingerprint density at radius 3 is 2.94 bits per heavy atom. The number of hydrogen-bond donors (Lipinski definition) is 1. The van der Waals surface area contributed by atoms with Crippen LogP contribution in [-0.4, -0.2) is 28.1 Å². The van der Waals surface area contributed by atoms with E-state index in [4.69, 9.17) is 4.74 Å². The van der Waals surface area contributed by atoms with Crippen LogP contribution in [-0.2, 0) is 4.74 Å². The van der Waals surface area contributed by atoms with Crippen molar-refractivity contribution in [2.45, 2.75) is 51.2 Å². The molecule has 0 unspecified atom stereocenters. The summed E-state index contributed by atoms with van der Waals surface area (Å²) in [6.07, 6.45) is 4.15. The maximum absolute atomic E-state index is 5.82. The van der Waals surface area contributed by atoms with Crippen molar-refractivity contribution in [3.8, 4) is 0 Å². The maximum Gasteiger partial charge on any atom is 0.202 e. The van der Waals surface area contributed by atoms with Crippen LogP contribution in [0.4, 0.5) is 5.13 Å². The SMILES string of the molecule is CC1(C)[C@H](Nc2nc(C3CC3)ns2)[C@H]2CCO[C@H]21. The Kier molecular flexibility index (Phi) is 2.28. The fraction of sp³-hybridized carbons (Fsp3) is 0.846. The molecule has 2 heterocycles. The number of ether oxygens (including phenoxy) is 1. The fourth-order valence-electron chi connectivity index (χ4n) is 3.55. The molecule has 3 aliphatic rings. The second kappa shape index (κ2) is 3.67. The Balaban J connectivity index is 1.50. The van der Waals surface area contributed by atoms with Gasteiger partial charge in [-0.1, -0.05) is 13.8 Å². The van der Waals surface area contributed by atoms with Gasteiger partial charge in [0.05, 0.1) is 6.10 Å². The van der Waals surface area contributed by atoms with Crippen molar-refractivity contribution in [3.05, 3.63) is 5.82 Å². The molecule has 3 fully saturated rings. The zero-order valence-corrected chi connectivity index (χ0v) is 11.7. The molecule has 98 valence electrons. The predicted octanol–water partition coefficient (Wildman–Crippen LogP) is 2.64. The molecule has 1 aliphatic heterocycles. The molecule has 0 radical (unpaired) electrons. The first-order chi connectivity index (χ1) is 8.66. The van der Waals surface area contributed by atoms with Gasteiger partial charge in [-0.15, -0.1) is 0 Å². The third-order valence-corrected chi connectivity index (χ3v) is 5.42. The van der Waals surface area contributed by atoms with Crippen molar-refractivity contribution in [1.82, 2.24) is 9.36 Å². The van der Waals surface area contributed by atoms with Crippen molar-refractivity contribution in [2.75, 3.05) is 11.9 Å². The molecule has 18 heavy (non-hydrogen) atoms. The first-order valence-corrected chi connectivity index (χ1v) is 7.65. The van der Waals surface area contributed by atoms with Gasteiger partial charge in [-0.3, -0.25) is 0 Å². The molecule has 0 aromatic carbocycles. The molecular weight excluding hydrogens is 246 g/mol. The lowest BCUT2D eigenvalue weighted by Crippen LogP contribution is -2.63. The largest absolute Gasteiger partial charge is 0.377 e. The summed E-state index contributed by atoms with van der Waals surface area (Å²) in [7, 11) is 0.